The molecular formula is C28H30N2O6. The fourth-order valence-electron chi connectivity index (χ4n) is 3.42. The third-order valence-corrected chi connectivity index (χ3v) is 5.43. The molecule has 0 radical (unpaired) electrons. The van der Waals surface area contributed by atoms with E-state index < -0.39 is 30.1 Å². The van der Waals surface area contributed by atoms with Gasteiger partial charge in [0.25, 0.3) is 0 Å². The van der Waals surface area contributed by atoms with Crippen LogP contribution in [0.2, 0.25) is 0 Å². The van der Waals surface area contributed by atoms with Crippen LogP contribution in [0.4, 0.5) is 4.79 Å². The second-order valence-corrected chi connectivity index (χ2v) is 8.19. The monoisotopic (exact) mass is 490 g/mol. The minimum absolute atomic E-state index is 0.0584. The Hall–Kier alpha value is -4.33. The van der Waals surface area contributed by atoms with Crippen LogP contribution in [-0.2, 0) is 38.7 Å². The minimum atomic E-state index is -0.998. The van der Waals surface area contributed by atoms with Crippen LogP contribution in [0.25, 0.3) is 0 Å². The maximum atomic E-state index is 13.0. The zero-order valence-corrected chi connectivity index (χ0v) is 20.1. The highest BCUT2D eigenvalue weighted by atomic mass is 16.5. The quantitative estimate of drug-likeness (QED) is 0.352. The lowest BCUT2D eigenvalue weighted by Crippen LogP contribution is -2.52. The molecule has 3 rings (SSSR count). The third kappa shape index (κ3) is 8.47. The number of hydrogen-bond acceptors (Lipinski definition) is 6. The van der Waals surface area contributed by atoms with Crippen LogP contribution in [0.15, 0.2) is 84.9 Å². The van der Waals surface area contributed by atoms with Crippen molar-refractivity contribution in [2.75, 3.05) is 0 Å². The maximum absolute atomic E-state index is 13.0. The average molecular weight is 491 g/mol. The number of amides is 2. The molecule has 36 heavy (non-hydrogen) atoms. The van der Waals surface area contributed by atoms with Gasteiger partial charge in [-0.1, -0.05) is 79.7 Å². The number of carbonyl (C=O) groups is 3. The average Bonchev–Trinajstić information content (AvgIpc) is 2.91. The summed E-state index contributed by atoms with van der Waals surface area (Å²) in [6, 6.07) is 22.8. The van der Waals surface area contributed by atoms with Gasteiger partial charge in [0.15, 0.2) is 0 Å². The van der Waals surface area contributed by atoms with Crippen LogP contribution >= 0.6 is 0 Å². The number of rotatable bonds is 11. The Morgan fingerprint density at radius 1 is 0.722 bits per heavy atom. The van der Waals surface area contributed by atoms with Crippen molar-refractivity contribution >= 4 is 18.0 Å². The predicted molar refractivity (Wildman–Crippen MR) is 134 cm³/mol. The maximum Gasteiger partial charge on any atom is 0.408 e. The van der Waals surface area contributed by atoms with Gasteiger partial charge in [0.05, 0.1) is 0 Å². The minimum Gasteiger partial charge on any atom is -0.508 e. The van der Waals surface area contributed by atoms with E-state index in [9.17, 15) is 19.5 Å². The first kappa shape index (κ1) is 26.3. The summed E-state index contributed by atoms with van der Waals surface area (Å²) in [7, 11) is 0. The standard InChI is InChI=1S/C28H30N2O6/c1-2-24(30-28(34)36-19-22-11-7-4-8-12-22)26(32)29-25(17-20-13-15-23(31)16-14-20)27(33)35-18-21-9-5-3-6-10-21/h3-16,24-25,31H,2,17-19H2,1H3,(H,29,32)(H,30,34). The fourth-order valence-corrected chi connectivity index (χ4v) is 3.42. The molecule has 0 aromatic heterocycles. The van der Waals surface area contributed by atoms with Gasteiger partial charge in [0.1, 0.15) is 31.0 Å². The Morgan fingerprint density at radius 2 is 1.28 bits per heavy atom. The van der Waals surface area contributed by atoms with Crippen molar-refractivity contribution in [3.63, 3.8) is 0 Å². The topological polar surface area (TPSA) is 114 Å². The largest absolute Gasteiger partial charge is 0.508 e. The Morgan fingerprint density at radius 3 is 1.83 bits per heavy atom. The van der Waals surface area contributed by atoms with Crippen molar-refractivity contribution in [1.29, 1.82) is 0 Å². The van der Waals surface area contributed by atoms with Gasteiger partial charge in [0, 0.05) is 6.42 Å². The molecule has 0 aliphatic carbocycles. The molecule has 188 valence electrons. The van der Waals surface area contributed by atoms with Gasteiger partial charge >= 0.3 is 12.1 Å². The molecule has 2 unspecified atom stereocenters. The molecule has 0 saturated carbocycles. The number of nitrogens with one attached hydrogen (secondary N) is 2. The van der Waals surface area contributed by atoms with E-state index in [0.29, 0.717) is 0 Å². The van der Waals surface area contributed by atoms with Gasteiger partial charge < -0.3 is 25.2 Å². The van der Waals surface area contributed by atoms with E-state index in [1.54, 1.807) is 19.1 Å². The third-order valence-electron chi connectivity index (χ3n) is 5.43. The zero-order valence-electron chi connectivity index (χ0n) is 20.1. The molecule has 0 bridgehead atoms. The lowest BCUT2D eigenvalue weighted by Gasteiger charge is -2.22. The Labute approximate surface area is 210 Å². The van der Waals surface area contributed by atoms with Crippen LogP contribution in [0.1, 0.15) is 30.0 Å². The first-order valence-corrected chi connectivity index (χ1v) is 11.7. The predicted octanol–water partition coefficient (Wildman–Crippen LogP) is 3.87. The van der Waals surface area contributed by atoms with Crippen molar-refractivity contribution in [3.8, 4) is 5.75 Å². The number of alkyl carbamates (subject to hydrolysis) is 1. The summed E-state index contributed by atoms with van der Waals surface area (Å²) in [4.78, 5) is 38.2. The van der Waals surface area contributed by atoms with Crippen molar-refractivity contribution in [2.24, 2.45) is 0 Å². The van der Waals surface area contributed by atoms with Crippen LogP contribution in [-0.4, -0.2) is 35.2 Å². The van der Waals surface area contributed by atoms with Gasteiger partial charge in [0.2, 0.25) is 5.91 Å². The van der Waals surface area contributed by atoms with Gasteiger partial charge in [-0.15, -0.1) is 0 Å². The first-order chi connectivity index (χ1) is 17.4. The van der Waals surface area contributed by atoms with Crippen LogP contribution in [0.5, 0.6) is 5.75 Å². The van der Waals surface area contributed by atoms with E-state index >= 15 is 0 Å². The highest BCUT2D eigenvalue weighted by Gasteiger charge is 2.27. The van der Waals surface area contributed by atoms with E-state index in [0.717, 1.165) is 16.7 Å². The highest BCUT2D eigenvalue weighted by Crippen LogP contribution is 2.13. The molecule has 0 fully saturated rings. The molecule has 0 heterocycles. The summed E-state index contributed by atoms with van der Waals surface area (Å²) in [5.74, 6) is -1.05. The van der Waals surface area contributed by atoms with Crippen molar-refractivity contribution in [3.05, 3.63) is 102 Å². The molecule has 2 amide bonds. The SMILES string of the molecule is CCC(NC(=O)OCc1ccccc1)C(=O)NC(Cc1ccc(O)cc1)C(=O)OCc1ccccc1. The van der Waals surface area contributed by atoms with Crippen molar-refractivity contribution in [1.82, 2.24) is 10.6 Å². The summed E-state index contributed by atoms with van der Waals surface area (Å²) in [5, 5.41) is 14.8. The van der Waals surface area contributed by atoms with Gasteiger partial charge in [-0.25, -0.2) is 9.59 Å². The van der Waals surface area contributed by atoms with E-state index in [1.807, 2.05) is 60.7 Å². The first-order valence-electron chi connectivity index (χ1n) is 11.7. The normalized spacial score (nSPS) is 12.1. The summed E-state index contributed by atoms with van der Waals surface area (Å²) in [6.07, 6.45) is -0.297. The highest BCUT2D eigenvalue weighted by molar-refractivity contribution is 5.89. The summed E-state index contributed by atoms with van der Waals surface area (Å²) >= 11 is 0. The molecule has 0 spiro atoms. The number of ether oxygens (including phenoxy) is 2. The molecule has 3 aromatic carbocycles. The number of aromatic hydroxyl groups is 1. The second kappa shape index (κ2) is 13.5. The lowest BCUT2D eigenvalue weighted by atomic mass is 10.0. The zero-order chi connectivity index (χ0) is 25.8. The van der Waals surface area contributed by atoms with E-state index in [-0.39, 0.29) is 31.8 Å². The van der Waals surface area contributed by atoms with Gasteiger partial charge in [-0.3, -0.25) is 4.79 Å². The van der Waals surface area contributed by atoms with E-state index in [4.69, 9.17) is 9.47 Å². The van der Waals surface area contributed by atoms with E-state index in [2.05, 4.69) is 10.6 Å². The summed E-state index contributed by atoms with van der Waals surface area (Å²) < 4.78 is 10.7. The van der Waals surface area contributed by atoms with Gasteiger partial charge in [-0.2, -0.15) is 0 Å². The number of phenolic OH excluding ortho intramolecular Hbond substituents is 1. The van der Waals surface area contributed by atoms with Gasteiger partial charge in [-0.05, 0) is 35.2 Å². The molecule has 8 heteroatoms. The Balaban J connectivity index is 1.62. The smallest absolute Gasteiger partial charge is 0.408 e. The van der Waals surface area contributed by atoms with E-state index in [1.165, 1.54) is 12.1 Å². The number of hydrogen-bond donors (Lipinski definition) is 3. The molecule has 2 atom stereocenters. The number of benzene rings is 3. The Kier molecular flexibility index (Phi) is 9.88. The fraction of sp³-hybridized carbons (Fsp3) is 0.250. The number of carbonyl (C=O) groups excluding carboxylic acids is 3. The van der Waals surface area contributed by atoms with Crippen LogP contribution in [0.3, 0.4) is 0 Å². The number of esters is 1. The van der Waals surface area contributed by atoms with Crippen molar-refractivity contribution < 1.29 is 29.0 Å². The molecule has 3 aromatic rings. The molecular weight excluding hydrogens is 460 g/mol. The van der Waals surface area contributed by atoms with Crippen LogP contribution < -0.4 is 10.6 Å². The summed E-state index contributed by atoms with van der Waals surface area (Å²) in [5.41, 5.74) is 2.35. The molecule has 0 aliphatic heterocycles. The second-order valence-electron chi connectivity index (χ2n) is 8.19. The molecule has 0 aliphatic rings. The number of phenols is 1. The van der Waals surface area contributed by atoms with Crippen LogP contribution in [0, 0.1) is 0 Å². The summed E-state index contributed by atoms with van der Waals surface area (Å²) in [6.45, 7) is 1.87. The molecule has 0 saturated heterocycles. The molecule has 8 nitrogen and oxygen atoms in total. The Bertz CT molecular complexity index is 1120. The van der Waals surface area contributed by atoms with Crippen molar-refractivity contribution in [2.45, 2.75) is 45.1 Å². The lowest BCUT2D eigenvalue weighted by molar-refractivity contribution is -0.149. The molecule has 3 N–H and O–H groups in total.